The Morgan fingerprint density at radius 3 is 1.21 bits per heavy atom. The molecule has 0 radical (unpaired) electrons. The summed E-state index contributed by atoms with van der Waals surface area (Å²) in [6.45, 7) is 13.1. The molecule has 2 saturated carbocycles. The van der Waals surface area contributed by atoms with E-state index in [2.05, 4.69) is 61.5 Å². The quantitative estimate of drug-likeness (QED) is 0.0119. The molecule has 2 aliphatic carbocycles. The van der Waals surface area contributed by atoms with Gasteiger partial charge in [0.05, 0.1) is 50.0 Å². The standard InChI is InChI=1S/C64H80N2O10/c1-5-17-47-19-23-49(24-20-47)53-31-37-59(75-63(69)51-27-33-57(34-28-51)71-39-13-9-11-15-41-73-61(67)7-3)55(43-53)45-65-66-46-56-44-54(50-25-21-48(18-6-2)22-26-50)32-38-60(56)76-64(70)52-29-35-58(36-30-52)72-40-14-10-12-16-42-74-62(68)8-4/h7-8,27-38,43-50H,3-6,9-26,39-42H2,1-2H3/b65-45+,66-46+. The molecule has 0 aliphatic heterocycles. The fourth-order valence-electron chi connectivity index (χ4n) is 10.3. The minimum Gasteiger partial charge on any atom is -0.494 e. The zero-order chi connectivity index (χ0) is 53.7. The Hall–Kier alpha value is -6.82. The molecule has 406 valence electrons. The van der Waals surface area contributed by atoms with Crippen molar-refractivity contribution in [2.75, 3.05) is 26.4 Å². The fourth-order valence-corrected chi connectivity index (χ4v) is 10.3. The van der Waals surface area contributed by atoms with E-state index in [1.54, 1.807) is 61.0 Å². The smallest absolute Gasteiger partial charge is 0.343 e. The molecule has 0 spiro atoms. The molecule has 76 heavy (non-hydrogen) atoms. The Kier molecular flexibility index (Phi) is 25.1. The lowest BCUT2D eigenvalue weighted by Gasteiger charge is -2.29. The van der Waals surface area contributed by atoms with Crippen LogP contribution in [0.15, 0.2) is 120 Å². The van der Waals surface area contributed by atoms with Crippen molar-refractivity contribution >= 4 is 36.3 Å². The van der Waals surface area contributed by atoms with Gasteiger partial charge in [0.15, 0.2) is 0 Å². The molecule has 0 heterocycles. The highest BCUT2D eigenvalue weighted by atomic mass is 16.5. The Morgan fingerprint density at radius 2 is 0.855 bits per heavy atom. The van der Waals surface area contributed by atoms with Gasteiger partial charge in [-0.05, 0) is 210 Å². The van der Waals surface area contributed by atoms with Crippen LogP contribution in [0.2, 0.25) is 0 Å². The normalized spacial score (nSPS) is 17.4. The first-order chi connectivity index (χ1) is 37.2. The Bertz CT molecular complexity index is 2340. The monoisotopic (exact) mass is 1040 g/mol. The lowest BCUT2D eigenvalue weighted by Crippen LogP contribution is -2.14. The average molecular weight is 1040 g/mol. The van der Waals surface area contributed by atoms with Crippen molar-refractivity contribution in [1.82, 2.24) is 0 Å². The third kappa shape index (κ3) is 19.7. The van der Waals surface area contributed by atoms with Crippen LogP contribution in [0.1, 0.15) is 197 Å². The number of rotatable bonds is 31. The van der Waals surface area contributed by atoms with E-state index in [1.165, 1.54) is 74.6 Å². The summed E-state index contributed by atoms with van der Waals surface area (Å²) in [5, 5.41) is 9.07. The Labute approximate surface area is 451 Å². The van der Waals surface area contributed by atoms with Crippen molar-refractivity contribution in [3.63, 3.8) is 0 Å². The number of hydrogen-bond acceptors (Lipinski definition) is 12. The number of carbonyl (C=O) groups is 4. The van der Waals surface area contributed by atoms with E-state index in [0.29, 0.717) is 83.5 Å². The van der Waals surface area contributed by atoms with Crippen molar-refractivity contribution < 1.29 is 47.6 Å². The molecule has 0 atom stereocenters. The molecule has 6 rings (SSSR count). The maximum atomic E-state index is 13.7. The van der Waals surface area contributed by atoms with Gasteiger partial charge < -0.3 is 28.4 Å². The topological polar surface area (TPSA) is 148 Å². The van der Waals surface area contributed by atoms with Crippen molar-refractivity contribution in [2.45, 2.75) is 154 Å². The second-order valence-electron chi connectivity index (χ2n) is 20.2. The largest absolute Gasteiger partial charge is 0.494 e. The highest BCUT2D eigenvalue weighted by Crippen LogP contribution is 2.40. The van der Waals surface area contributed by atoms with E-state index in [1.807, 2.05) is 12.1 Å². The van der Waals surface area contributed by atoms with Crippen LogP contribution in [0.4, 0.5) is 0 Å². The molecule has 2 fully saturated rings. The number of unbranched alkanes of at least 4 members (excludes halogenated alkanes) is 6. The van der Waals surface area contributed by atoms with E-state index >= 15 is 0 Å². The molecule has 0 saturated heterocycles. The van der Waals surface area contributed by atoms with Crippen molar-refractivity contribution in [2.24, 2.45) is 22.0 Å². The lowest BCUT2D eigenvalue weighted by atomic mass is 9.77. The van der Waals surface area contributed by atoms with E-state index < -0.39 is 23.9 Å². The van der Waals surface area contributed by atoms with Gasteiger partial charge >= 0.3 is 23.9 Å². The molecular formula is C64H80N2O10. The van der Waals surface area contributed by atoms with E-state index in [-0.39, 0.29) is 0 Å². The summed E-state index contributed by atoms with van der Waals surface area (Å²) in [5.74, 6) is 2.58. The molecule has 4 aromatic carbocycles. The predicted molar refractivity (Wildman–Crippen MR) is 300 cm³/mol. The number of hydrogen-bond donors (Lipinski definition) is 0. The molecule has 0 bridgehead atoms. The second-order valence-corrected chi connectivity index (χ2v) is 20.2. The fraction of sp³-hybridized carbons (Fsp3) is 0.469. The van der Waals surface area contributed by atoms with E-state index in [9.17, 15) is 19.2 Å². The van der Waals surface area contributed by atoms with Gasteiger partial charge in [0, 0.05) is 23.3 Å². The van der Waals surface area contributed by atoms with Crippen LogP contribution in [-0.4, -0.2) is 62.7 Å². The maximum absolute atomic E-state index is 13.7. The van der Waals surface area contributed by atoms with Crippen LogP contribution in [0.25, 0.3) is 0 Å². The first-order valence-electron chi connectivity index (χ1n) is 28.0. The Balaban J connectivity index is 1.13. The summed E-state index contributed by atoms with van der Waals surface area (Å²) < 4.78 is 34.1. The van der Waals surface area contributed by atoms with Crippen LogP contribution >= 0.6 is 0 Å². The summed E-state index contributed by atoms with van der Waals surface area (Å²) >= 11 is 0. The minimum atomic E-state index is -0.502. The van der Waals surface area contributed by atoms with Crippen LogP contribution in [-0.2, 0) is 19.1 Å². The molecular weight excluding hydrogens is 957 g/mol. The Morgan fingerprint density at radius 1 is 0.487 bits per heavy atom. The third-order valence-corrected chi connectivity index (χ3v) is 14.6. The van der Waals surface area contributed by atoms with Gasteiger partial charge in [0.1, 0.15) is 23.0 Å². The molecule has 12 heteroatoms. The maximum Gasteiger partial charge on any atom is 0.343 e. The van der Waals surface area contributed by atoms with E-state index in [4.69, 9.17) is 28.4 Å². The average Bonchev–Trinajstić information content (AvgIpc) is 3.45. The van der Waals surface area contributed by atoms with Gasteiger partial charge in [0.25, 0.3) is 0 Å². The van der Waals surface area contributed by atoms with Crippen LogP contribution in [0.3, 0.4) is 0 Å². The first kappa shape index (κ1) is 58.4. The molecule has 2 aliphatic rings. The van der Waals surface area contributed by atoms with Crippen LogP contribution < -0.4 is 18.9 Å². The number of ether oxygens (including phenoxy) is 6. The highest BCUT2D eigenvalue weighted by molar-refractivity contribution is 5.95. The van der Waals surface area contributed by atoms with Gasteiger partial charge in [-0.3, -0.25) is 0 Å². The molecule has 0 aromatic heterocycles. The summed E-state index contributed by atoms with van der Waals surface area (Å²) in [5.41, 5.74) is 4.42. The number of nitrogens with zero attached hydrogens (tertiary/aromatic N) is 2. The van der Waals surface area contributed by atoms with Gasteiger partial charge in [-0.15, -0.1) is 0 Å². The first-order valence-corrected chi connectivity index (χ1v) is 28.0. The molecule has 0 N–H and O–H groups in total. The molecule has 4 aromatic rings. The molecule has 0 amide bonds. The number of benzene rings is 4. The van der Waals surface area contributed by atoms with Gasteiger partial charge in [-0.1, -0.05) is 64.8 Å². The molecule has 12 nitrogen and oxygen atoms in total. The molecule has 0 unspecified atom stereocenters. The number of carbonyl (C=O) groups excluding carboxylic acids is 4. The van der Waals surface area contributed by atoms with Crippen LogP contribution in [0, 0.1) is 11.8 Å². The van der Waals surface area contributed by atoms with Gasteiger partial charge in [-0.2, -0.15) is 10.2 Å². The SMILES string of the molecule is C=CC(=O)OCCCCCCOc1ccc(C(=O)Oc2ccc(C3CCC(CCC)CC3)cc2/C=N/N=C/c2cc(C3CCC(CCC)CC3)ccc2OC(=O)c2ccc(OCCCCCCOC(=O)C=C)cc2)cc1. The zero-order valence-corrected chi connectivity index (χ0v) is 45.1. The summed E-state index contributed by atoms with van der Waals surface area (Å²) in [6, 6.07) is 25.9. The van der Waals surface area contributed by atoms with Crippen LogP contribution in [0.5, 0.6) is 23.0 Å². The third-order valence-electron chi connectivity index (χ3n) is 14.6. The summed E-state index contributed by atoms with van der Waals surface area (Å²) in [6.07, 6.45) is 26.7. The van der Waals surface area contributed by atoms with Crippen molar-refractivity contribution in [3.8, 4) is 23.0 Å². The number of esters is 4. The lowest BCUT2D eigenvalue weighted by molar-refractivity contribution is -0.138. The van der Waals surface area contributed by atoms with Gasteiger partial charge in [0.2, 0.25) is 0 Å². The summed E-state index contributed by atoms with van der Waals surface area (Å²) in [7, 11) is 0. The van der Waals surface area contributed by atoms with Gasteiger partial charge in [-0.25, -0.2) is 19.2 Å². The second kappa shape index (κ2) is 32.6. The predicted octanol–water partition coefficient (Wildman–Crippen LogP) is 15.1. The summed E-state index contributed by atoms with van der Waals surface area (Å²) in [4.78, 5) is 49.7. The van der Waals surface area contributed by atoms with E-state index in [0.717, 1.165) is 88.9 Å². The van der Waals surface area contributed by atoms with Crippen molar-refractivity contribution in [3.05, 3.63) is 144 Å². The zero-order valence-electron chi connectivity index (χ0n) is 45.1. The minimum absolute atomic E-state index is 0.374. The highest BCUT2D eigenvalue weighted by Gasteiger charge is 2.25. The van der Waals surface area contributed by atoms with Crippen molar-refractivity contribution in [1.29, 1.82) is 0 Å².